The van der Waals surface area contributed by atoms with Crippen LogP contribution in [0.3, 0.4) is 0 Å². The minimum absolute atomic E-state index is 0.0956. The number of sulfone groups is 1. The molecule has 26 heavy (non-hydrogen) atoms. The molecule has 1 saturated heterocycles. The number of rotatable bonds is 7. The van der Waals surface area contributed by atoms with E-state index in [1.807, 2.05) is 24.6 Å². The average molecular weight is 399 g/mol. The first-order valence-corrected chi connectivity index (χ1v) is 11.2. The molecule has 0 aromatic carbocycles. The lowest BCUT2D eigenvalue weighted by atomic mass is 10.1. The first kappa shape index (κ1) is 19.0. The second kappa shape index (κ2) is 7.83. The summed E-state index contributed by atoms with van der Waals surface area (Å²) in [5, 5.41) is 11.8. The predicted molar refractivity (Wildman–Crippen MR) is 97.5 cm³/mol. The third-order valence-electron chi connectivity index (χ3n) is 4.40. The number of thioether (sulfide) groups is 1. The summed E-state index contributed by atoms with van der Waals surface area (Å²) in [6.07, 6.45) is 2.83. The number of amides is 1. The first-order chi connectivity index (χ1) is 12.3. The largest absolute Gasteiger partial charge is 0.467 e. The van der Waals surface area contributed by atoms with Crippen LogP contribution in [0.2, 0.25) is 0 Å². The van der Waals surface area contributed by atoms with Crippen molar-refractivity contribution in [2.45, 2.75) is 31.0 Å². The second-order valence-corrected chi connectivity index (χ2v) is 9.70. The maximum atomic E-state index is 12.1. The van der Waals surface area contributed by atoms with E-state index in [1.165, 1.54) is 11.8 Å². The van der Waals surface area contributed by atoms with Gasteiger partial charge in [-0.05, 0) is 31.4 Å². The summed E-state index contributed by atoms with van der Waals surface area (Å²) in [5.41, 5.74) is 0. The summed E-state index contributed by atoms with van der Waals surface area (Å²) in [4.78, 5) is 12.1. The Morgan fingerprint density at radius 2 is 2.31 bits per heavy atom. The van der Waals surface area contributed by atoms with Crippen molar-refractivity contribution < 1.29 is 17.6 Å². The Hall–Kier alpha value is -1.81. The maximum Gasteiger partial charge on any atom is 0.231 e. The van der Waals surface area contributed by atoms with Gasteiger partial charge in [0.2, 0.25) is 5.91 Å². The highest BCUT2D eigenvalue weighted by Gasteiger charge is 2.29. The molecule has 0 bridgehead atoms. The van der Waals surface area contributed by atoms with Crippen LogP contribution in [-0.2, 0) is 28.1 Å². The SMILES string of the molecule is C[C@@H](NC(=O)CSc1nnc(C[C@@H]2CCS(=O)(=O)C2)n1C)c1ccco1. The second-order valence-electron chi connectivity index (χ2n) is 6.52. The highest BCUT2D eigenvalue weighted by atomic mass is 32.2. The van der Waals surface area contributed by atoms with E-state index in [2.05, 4.69) is 15.5 Å². The number of hydrogen-bond acceptors (Lipinski definition) is 7. The number of hydrogen-bond donors (Lipinski definition) is 1. The van der Waals surface area contributed by atoms with Gasteiger partial charge in [-0.25, -0.2) is 8.42 Å². The predicted octanol–water partition coefficient (Wildman–Crippen LogP) is 1.35. The molecule has 1 amide bonds. The molecule has 2 aromatic heterocycles. The number of aromatic nitrogens is 3. The van der Waals surface area contributed by atoms with Crippen molar-refractivity contribution >= 4 is 27.5 Å². The molecule has 10 heteroatoms. The molecule has 2 atom stereocenters. The normalized spacial score (nSPS) is 20.2. The molecule has 3 rings (SSSR count). The van der Waals surface area contributed by atoms with E-state index >= 15 is 0 Å². The van der Waals surface area contributed by atoms with E-state index in [0.29, 0.717) is 23.8 Å². The third kappa shape index (κ3) is 4.67. The van der Waals surface area contributed by atoms with Gasteiger partial charge in [0.15, 0.2) is 15.0 Å². The van der Waals surface area contributed by atoms with Crippen molar-refractivity contribution in [3.63, 3.8) is 0 Å². The number of nitrogens with zero attached hydrogens (tertiary/aromatic N) is 3. The Kier molecular flexibility index (Phi) is 5.71. The molecule has 0 spiro atoms. The highest BCUT2D eigenvalue weighted by molar-refractivity contribution is 7.99. The van der Waals surface area contributed by atoms with Gasteiger partial charge in [0.05, 0.1) is 29.6 Å². The molecule has 1 N–H and O–H groups in total. The summed E-state index contributed by atoms with van der Waals surface area (Å²) < 4.78 is 30.2. The van der Waals surface area contributed by atoms with Crippen molar-refractivity contribution in [1.29, 1.82) is 0 Å². The van der Waals surface area contributed by atoms with Crippen molar-refractivity contribution in [2.75, 3.05) is 17.3 Å². The van der Waals surface area contributed by atoms with Crippen molar-refractivity contribution in [3.05, 3.63) is 30.0 Å². The van der Waals surface area contributed by atoms with Crippen molar-refractivity contribution in [1.82, 2.24) is 20.1 Å². The molecule has 0 saturated carbocycles. The molecule has 142 valence electrons. The lowest BCUT2D eigenvalue weighted by Gasteiger charge is -2.11. The van der Waals surface area contributed by atoms with E-state index in [1.54, 1.807) is 12.3 Å². The van der Waals surface area contributed by atoms with Gasteiger partial charge >= 0.3 is 0 Å². The zero-order valence-electron chi connectivity index (χ0n) is 14.7. The van der Waals surface area contributed by atoms with Gasteiger partial charge in [-0.3, -0.25) is 4.79 Å². The average Bonchev–Trinajstić information content (AvgIpc) is 3.29. The molecule has 0 aliphatic carbocycles. The number of carbonyl (C=O) groups is 1. The topological polar surface area (TPSA) is 107 Å². The first-order valence-electron chi connectivity index (χ1n) is 8.38. The zero-order chi connectivity index (χ0) is 18.7. The van der Waals surface area contributed by atoms with Crippen LogP contribution in [0, 0.1) is 5.92 Å². The van der Waals surface area contributed by atoms with Crippen LogP contribution >= 0.6 is 11.8 Å². The van der Waals surface area contributed by atoms with Crippen LogP contribution in [0.15, 0.2) is 28.0 Å². The summed E-state index contributed by atoms with van der Waals surface area (Å²) in [6.45, 7) is 1.86. The van der Waals surface area contributed by atoms with Gasteiger partial charge in [0, 0.05) is 13.5 Å². The number of nitrogens with one attached hydrogen (secondary N) is 1. The summed E-state index contributed by atoms with van der Waals surface area (Å²) >= 11 is 1.30. The lowest BCUT2D eigenvalue weighted by molar-refractivity contribution is -0.119. The van der Waals surface area contributed by atoms with Gasteiger partial charge in [0.25, 0.3) is 0 Å². The van der Waals surface area contributed by atoms with Crippen LogP contribution in [0.4, 0.5) is 0 Å². The van der Waals surface area contributed by atoms with Crippen LogP contribution < -0.4 is 5.32 Å². The Bertz CT molecular complexity index is 861. The van der Waals surface area contributed by atoms with Crippen molar-refractivity contribution in [3.8, 4) is 0 Å². The minimum atomic E-state index is -2.90. The third-order valence-corrected chi connectivity index (χ3v) is 7.26. The Morgan fingerprint density at radius 1 is 1.50 bits per heavy atom. The fraction of sp³-hybridized carbons (Fsp3) is 0.562. The minimum Gasteiger partial charge on any atom is -0.467 e. The van der Waals surface area contributed by atoms with E-state index in [9.17, 15) is 13.2 Å². The fourth-order valence-electron chi connectivity index (χ4n) is 2.96. The summed E-state index contributed by atoms with van der Waals surface area (Å²) in [5.74, 6) is 2.12. The van der Waals surface area contributed by atoms with Gasteiger partial charge in [-0.15, -0.1) is 10.2 Å². The molecular formula is C16H22N4O4S2. The van der Waals surface area contributed by atoms with Crippen LogP contribution in [0.1, 0.15) is 31.0 Å². The Morgan fingerprint density at radius 3 is 2.96 bits per heavy atom. The van der Waals surface area contributed by atoms with E-state index in [-0.39, 0.29) is 35.1 Å². The Labute approximate surface area is 156 Å². The molecule has 0 unspecified atom stereocenters. The van der Waals surface area contributed by atoms with Gasteiger partial charge in [-0.2, -0.15) is 0 Å². The monoisotopic (exact) mass is 398 g/mol. The molecule has 1 fully saturated rings. The molecule has 1 aliphatic heterocycles. The van der Waals surface area contributed by atoms with Gasteiger partial charge in [0.1, 0.15) is 11.6 Å². The van der Waals surface area contributed by atoms with E-state index in [0.717, 1.165) is 5.82 Å². The lowest BCUT2D eigenvalue weighted by Crippen LogP contribution is -2.28. The van der Waals surface area contributed by atoms with Crippen LogP contribution in [0.25, 0.3) is 0 Å². The van der Waals surface area contributed by atoms with E-state index in [4.69, 9.17) is 4.42 Å². The Balaban J connectivity index is 1.51. The van der Waals surface area contributed by atoms with E-state index < -0.39 is 9.84 Å². The van der Waals surface area contributed by atoms with Crippen molar-refractivity contribution in [2.24, 2.45) is 13.0 Å². The maximum absolute atomic E-state index is 12.1. The number of furan rings is 1. The molecule has 0 radical (unpaired) electrons. The molecule has 2 aromatic rings. The highest BCUT2D eigenvalue weighted by Crippen LogP contribution is 2.23. The summed E-state index contributed by atoms with van der Waals surface area (Å²) in [7, 11) is -1.06. The zero-order valence-corrected chi connectivity index (χ0v) is 16.3. The molecule has 8 nitrogen and oxygen atoms in total. The summed E-state index contributed by atoms with van der Waals surface area (Å²) in [6, 6.07) is 3.40. The van der Waals surface area contributed by atoms with Crippen LogP contribution in [0.5, 0.6) is 0 Å². The smallest absolute Gasteiger partial charge is 0.231 e. The van der Waals surface area contributed by atoms with Gasteiger partial charge in [-0.1, -0.05) is 11.8 Å². The standard InChI is InChI=1S/C16H22N4O4S2/c1-11(13-4-3-6-24-13)17-15(21)9-25-16-19-18-14(20(16)2)8-12-5-7-26(22,23)10-12/h3-4,6,11-12H,5,7-10H2,1-2H3,(H,17,21)/t11-,12+/m1/s1. The number of carbonyl (C=O) groups excluding carboxylic acids is 1. The molecule has 1 aliphatic rings. The quantitative estimate of drug-likeness (QED) is 0.702. The molecular weight excluding hydrogens is 376 g/mol. The van der Waals surface area contributed by atoms with Gasteiger partial charge < -0.3 is 14.3 Å². The molecule has 3 heterocycles. The van der Waals surface area contributed by atoms with Crippen LogP contribution in [-0.4, -0.2) is 46.3 Å². The fourth-order valence-corrected chi connectivity index (χ4v) is 5.56.